The molecule has 2 aromatic carbocycles. The fourth-order valence-corrected chi connectivity index (χ4v) is 5.15. The number of rotatable bonds is 10. The van der Waals surface area contributed by atoms with Crippen molar-refractivity contribution in [1.82, 2.24) is 9.88 Å². The third kappa shape index (κ3) is 12.5. The van der Waals surface area contributed by atoms with Crippen LogP contribution in [0.1, 0.15) is 79.1 Å². The third-order valence-corrected chi connectivity index (χ3v) is 7.12. The molecule has 1 amide bonds. The van der Waals surface area contributed by atoms with Gasteiger partial charge in [0.2, 0.25) is 5.91 Å². The van der Waals surface area contributed by atoms with Crippen molar-refractivity contribution in [3.63, 3.8) is 0 Å². The first kappa shape index (κ1) is 50.1. The summed E-state index contributed by atoms with van der Waals surface area (Å²) in [6.07, 6.45) is -4.74. The molecule has 2 atom stereocenters. The summed E-state index contributed by atoms with van der Waals surface area (Å²) in [5.74, 6) is -3.02. The number of aromatic nitrogens is 1. The number of nitrogens with zero attached hydrogens (tertiary/aromatic N) is 1. The van der Waals surface area contributed by atoms with E-state index in [0.717, 1.165) is 27.5 Å². The molecule has 0 saturated heterocycles. The Bertz CT molecular complexity index is 1540. The molecule has 258 valence electrons. The molecular weight excluding hydrogens is 845 g/mol. The minimum absolute atomic E-state index is 0. The number of hydrogen-bond acceptors (Lipinski definition) is 3. The summed E-state index contributed by atoms with van der Waals surface area (Å²) in [4.78, 5) is 38.5. The smallest absolute Gasteiger partial charge is 0.481 e. The van der Waals surface area contributed by atoms with Crippen LogP contribution in [0.5, 0.6) is 0 Å². The molecule has 6 nitrogen and oxygen atoms in total. The number of nitrogens with one attached hydrogen (secondary N) is 1. The minimum Gasteiger partial charge on any atom is -0.481 e. The van der Waals surface area contributed by atoms with Crippen molar-refractivity contribution in [2.45, 2.75) is 79.1 Å². The molecule has 0 fully saturated rings. The van der Waals surface area contributed by atoms with Gasteiger partial charge in [-0.2, -0.15) is 55.8 Å². The average Bonchev–Trinajstić information content (AvgIpc) is 2.93. The summed E-state index contributed by atoms with van der Waals surface area (Å²) in [7, 11) is 0. The van der Waals surface area contributed by atoms with Crippen molar-refractivity contribution >= 4 is 11.9 Å². The minimum atomic E-state index is -4.79. The molecule has 1 heterocycles. The number of carbonyl (C=O) groups is 2. The Morgan fingerprint density at radius 3 is 2.12 bits per heavy atom. The second-order valence-corrected chi connectivity index (χ2v) is 10.9. The Hall–Kier alpha value is -2.30. The van der Waals surface area contributed by atoms with Crippen molar-refractivity contribution in [3.05, 3.63) is 121 Å². The largest absolute Gasteiger partial charge is 2.00 e. The van der Waals surface area contributed by atoms with E-state index in [1.807, 2.05) is 19.9 Å². The zero-order chi connectivity index (χ0) is 33.5. The summed E-state index contributed by atoms with van der Waals surface area (Å²) >= 11 is 0. The normalized spacial score (nSPS) is 11.7. The SMILES string of the molecule is [CH2-]C.[CH2-]Cc1cn(C(CC(C)C)C(=O)N[C@@H](CC(=O)O)c2cc(-c3c(C)[c-]ccc3C)cc(C)c2F)c(=O)cc1C(F)(F)F.[CH3-].[CH3-].[Li+].[U+2]. The van der Waals surface area contributed by atoms with E-state index in [1.54, 1.807) is 32.9 Å². The number of aliphatic carboxylic acids is 1. The first-order valence-electron chi connectivity index (χ1n) is 14.2. The predicted molar refractivity (Wildman–Crippen MR) is 175 cm³/mol. The van der Waals surface area contributed by atoms with E-state index in [0.29, 0.717) is 11.6 Å². The molecule has 0 aliphatic rings. The number of hydrogen-bond donors (Lipinski definition) is 2. The number of pyridine rings is 1. The summed E-state index contributed by atoms with van der Waals surface area (Å²) < 4.78 is 57.1. The van der Waals surface area contributed by atoms with Gasteiger partial charge in [-0.25, -0.2) is 4.39 Å². The Morgan fingerprint density at radius 1 is 1.06 bits per heavy atom. The quantitative estimate of drug-likeness (QED) is 0.162. The molecule has 0 radical (unpaired) electrons. The zero-order valence-corrected chi connectivity index (χ0v) is 33.5. The standard InChI is InChI=1S/C32H34F4N2O4.C2H5.2CH3.Li.U/c1-7-21-16-38(27(39)14-24(21)32(34,35)36)26(11-17(2)3)31(42)37-25(15-28(40)41)23-13-22(12-20(6)30(23)33)29-18(4)9-8-10-19(29)5;1-2;;;;/h8-9,12-14,16-17,25-26H,1,7,11,15H2,2-6H3,(H,37,42)(H,40,41);1H2,2H3;2*1H3;;/q-2;3*-1;+1;+2/t25-,26?;;;;;/m0...../s1. The number of amides is 1. The van der Waals surface area contributed by atoms with E-state index in [9.17, 15) is 32.7 Å². The van der Waals surface area contributed by atoms with E-state index in [2.05, 4.69) is 25.2 Å². The molecule has 0 spiro atoms. The molecule has 2 N–H and O–H groups in total. The van der Waals surface area contributed by atoms with Crippen LogP contribution in [-0.4, -0.2) is 21.6 Å². The zero-order valence-electron chi connectivity index (χ0n) is 29.4. The van der Waals surface area contributed by atoms with E-state index < -0.39 is 53.5 Å². The molecule has 3 rings (SSSR count). The molecule has 3 aromatic rings. The van der Waals surface area contributed by atoms with Gasteiger partial charge in [0.05, 0.1) is 18.0 Å². The van der Waals surface area contributed by atoms with Crippen molar-refractivity contribution in [2.75, 3.05) is 0 Å². The molecule has 1 unspecified atom stereocenters. The van der Waals surface area contributed by atoms with Crippen LogP contribution in [0.3, 0.4) is 0 Å². The van der Waals surface area contributed by atoms with E-state index in [1.165, 1.54) is 13.0 Å². The van der Waals surface area contributed by atoms with Crippen LogP contribution in [0.2, 0.25) is 0 Å². The van der Waals surface area contributed by atoms with Gasteiger partial charge in [-0.3, -0.25) is 14.4 Å². The number of carbonyl (C=O) groups excluding carboxylic acids is 1. The monoisotopic (exact) mass is 890 g/mol. The van der Waals surface area contributed by atoms with Crippen LogP contribution in [0.15, 0.2) is 41.3 Å². The summed E-state index contributed by atoms with van der Waals surface area (Å²) in [5.41, 5.74) is 0.792. The van der Waals surface area contributed by atoms with Crippen molar-refractivity contribution in [2.24, 2.45) is 5.92 Å². The summed E-state index contributed by atoms with van der Waals surface area (Å²) in [5, 5.41) is 12.3. The van der Waals surface area contributed by atoms with Gasteiger partial charge in [-0.15, -0.1) is 5.56 Å². The van der Waals surface area contributed by atoms with Gasteiger partial charge in [0.15, 0.2) is 0 Å². The number of carboxylic acids is 1. The van der Waals surface area contributed by atoms with E-state index in [4.69, 9.17) is 0 Å². The van der Waals surface area contributed by atoms with Gasteiger partial charge in [0, 0.05) is 17.8 Å². The maximum Gasteiger partial charge on any atom is 2.00 e. The second kappa shape index (κ2) is 21.7. The molecule has 48 heavy (non-hydrogen) atoms. The molecule has 0 saturated carbocycles. The number of alkyl halides is 3. The van der Waals surface area contributed by atoms with Gasteiger partial charge < -0.3 is 43.7 Å². The van der Waals surface area contributed by atoms with Crippen LogP contribution in [0, 0.1) is 98.4 Å². The third-order valence-electron chi connectivity index (χ3n) is 7.12. The number of halogens is 4. The van der Waals surface area contributed by atoms with Crippen molar-refractivity contribution in [1.29, 1.82) is 0 Å². The van der Waals surface area contributed by atoms with Crippen LogP contribution in [0.4, 0.5) is 17.6 Å². The Balaban J connectivity index is -0.00000331. The van der Waals surface area contributed by atoms with Gasteiger partial charge in [-0.05, 0) is 30.4 Å². The first-order chi connectivity index (χ1) is 20.5. The number of carboxylic acid groups (broad SMARTS) is 1. The molecule has 1 aromatic heterocycles. The Morgan fingerprint density at radius 2 is 1.65 bits per heavy atom. The molecule has 12 heteroatoms. The maximum absolute atomic E-state index is 15.6. The van der Waals surface area contributed by atoms with Crippen LogP contribution in [0.25, 0.3) is 11.1 Å². The molecule has 0 aliphatic carbocycles. The van der Waals surface area contributed by atoms with Crippen LogP contribution < -0.4 is 29.7 Å². The molecular formula is C36H45F4LiN2O4U-2. The summed E-state index contributed by atoms with van der Waals surface area (Å²) in [6.45, 7) is 17.3. The molecule has 0 bridgehead atoms. The molecule has 0 aliphatic heterocycles. The number of aryl methyl sites for hydroxylation is 3. The van der Waals surface area contributed by atoms with Crippen molar-refractivity contribution < 1.29 is 82.2 Å². The fraction of sp³-hybridized carbons (Fsp3) is 0.361. The maximum atomic E-state index is 15.6. The van der Waals surface area contributed by atoms with E-state index in [-0.39, 0.29) is 100 Å². The van der Waals surface area contributed by atoms with Gasteiger partial charge in [-0.1, -0.05) is 45.4 Å². The van der Waals surface area contributed by atoms with Crippen LogP contribution >= 0.6 is 0 Å². The number of benzene rings is 2. The van der Waals surface area contributed by atoms with Gasteiger partial charge in [0.25, 0.3) is 5.56 Å². The summed E-state index contributed by atoms with van der Waals surface area (Å²) in [6, 6.07) is 7.63. The second-order valence-electron chi connectivity index (χ2n) is 10.9. The first-order valence-corrected chi connectivity index (χ1v) is 14.2. The van der Waals surface area contributed by atoms with Crippen molar-refractivity contribution in [3.8, 4) is 11.1 Å². The Kier molecular flexibility index (Phi) is 22.7. The average molecular weight is 891 g/mol. The topological polar surface area (TPSA) is 88.4 Å². The van der Waals surface area contributed by atoms with Gasteiger partial charge >= 0.3 is 62.1 Å². The van der Waals surface area contributed by atoms with Crippen LogP contribution in [-0.2, 0) is 22.2 Å². The Labute approximate surface area is 319 Å². The van der Waals surface area contributed by atoms with Gasteiger partial charge in [0.1, 0.15) is 11.9 Å². The van der Waals surface area contributed by atoms with E-state index >= 15 is 4.39 Å². The predicted octanol–water partition coefficient (Wildman–Crippen LogP) is 5.44. The fourth-order valence-electron chi connectivity index (χ4n) is 5.15.